The van der Waals surface area contributed by atoms with Crippen LogP contribution in [0.5, 0.6) is 0 Å². The summed E-state index contributed by atoms with van der Waals surface area (Å²) in [5.41, 5.74) is 7.04. The Labute approximate surface area is 118 Å². The molecule has 0 amide bonds. The van der Waals surface area contributed by atoms with Crippen LogP contribution in [0, 0.1) is 26.7 Å². The van der Waals surface area contributed by atoms with Crippen molar-refractivity contribution >= 4 is 6.08 Å². The normalized spacial score (nSPS) is 16.2. The summed E-state index contributed by atoms with van der Waals surface area (Å²) >= 11 is 0. The molecule has 2 rings (SSSR count). The van der Waals surface area contributed by atoms with Crippen LogP contribution in [0.1, 0.15) is 48.9 Å². The lowest BCUT2D eigenvalue weighted by atomic mass is 9.95. The Morgan fingerprint density at radius 2 is 1.79 bits per heavy atom. The van der Waals surface area contributed by atoms with E-state index in [1.807, 2.05) is 0 Å². The van der Waals surface area contributed by atoms with Crippen LogP contribution in [0.25, 0.3) is 6.08 Å². The second kappa shape index (κ2) is 5.92. The third-order valence-corrected chi connectivity index (χ3v) is 4.14. The fourth-order valence-electron chi connectivity index (χ4n) is 2.31. The molecule has 19 heavy (non-hydrogen) atoms. The van der Waals surface area contributed by atoms with Crippen molar-refractivity contribution in [3.05, 3.63) is 40.0 Å². The van der Waals surface area contributed by atoms with Gasteiger partial charge in [0.05, 0.1) is 0 Å². The van der Waals surface area contributed by atoms with Crippen LogP contribution >= 0.6 is 0 Å². The maximum absolute atomic E-state index is 3.64. The third kappa shape index (κ3) is 3.94. The van der Waals surface area contributed by atoms with Crippen molar-refractivity contribution in [1.82, 2.24) is 5.32 Å². The Bertz CT molecular complexity index is 479. The molecule has 1 aliphatic rings. The van der Waals surface area contributed by atoms with Gasteiger partial charge in [-0.25, -0.2) is 0 Å². The molecule has 1 aromatic rings. The standard InChI is InChI=1S/C18H27N/c1-12(2)17(11-19-18-6-7-18)10-16-9-14(4)13(3)8-15(16)5/h8-10,12,18-19H,6-7,11H2,1-5H3. The number of benzene rings is 1. The second-order valence-electron chi connectivity index (χ2n) is 6.32. The van der Waals surface area contributed by atoms with Crippen LogP contribution in [0.15, 0.2) is 17.7 Å². The molecule has 1 aliphatic carbocycles. The van der Waals surface area contributed by atoms with Gasteiger partial charge in [0, 0.05) is 12.6 Å². The minimum absolute atomic E-state index is 0.604. The van der Waals surface area contributed by atoms with E-state index in [1.54, 1.807) is 0 Å². The van der Waals surface area contributed by atoms with Gasteiger partial charge in [-0.15, -0.1) is 0 Å². The van der Waals surface area contributed by atoms with Crippen molar-refractivity contribution in [2.24, 2.45) is 5.92 Å². The molecule has 1 heteroatoms. The number of rotatable bonds is 5. The molecular weight excluding hydrogens is 230 g/mol. The molecule has 0 saturated heterocycles. The Hall–Kier alpha value is -1.08. The Kier molecular flexibility index (Phi) is 4.46. The molecule has 0 aliphatic heterocycles. The van der Waals surface area contributed by atoms with Crippen molar-refractivity contribution in [3.8, 4) is 0 Å². The van der Waals surface area contributed by atoms with Crippen LogP contribution in [0.4, 0.5) is 0 Å². The van der Waals surface area contributed by atoms with E-state index in [-0.39, 0.29) is 0 Å². The largest absolute Gasteiger partial charge is 0.310 e. The van der Waals surface area contributed by atoms with Gasteiger partial charge >= 0.3 is 0 Å². The van der Waals surface area contributed by atoms with Crippen LogP contribution in [-0.4, -0.2) is 12.6 Å². The molecule has 104 valence electrons. The molecule has 0 unspecified atom stereocenters. The number of aryl methyl sites for hydroxylation is 3. The SMILES string of the molecule is Cc1cc(C)c(C=C(CNC2CC2)C(C)C)cc1C. The molecule has 1 fully saturated rings. The topological polar surface area (TPSA) is 12.0 Å². The van der Waals surface area contributed by atoms with Crippen LogP contribution in [-0.2, 0) is 0 Å². The van der Waals surface area contributed by atoms with E-state index in [0.717, 1.165) is 12.6 Å². The molecule has 1 nitrogen and oxygen atoms in total. The van der Waals surface area contributed by atoms with Gasteiger partial charge in [-0.05, 0) is 61.8 Å². The third-order valence-electron chi connectivity index (χ3n) is 4.14. The molecule has 0 bridgehead atoms. The summed E-state index contributed by atoms with van der Waals surface area (Å²) in [6.07, 6.45) is 5.10. The molecule has 0 heterocycles. The molecule has 0 spiro atoms. The first-order chi connectivity index (χ1) is 8.97. The summed E-state index contributed by atoms with van der Waals surface area (Å²) < 4.78 is 0. The van der Waals surface area contributed by atoms with Crippen LogP contribution < -0.4 is 5.32 Å². The quantitative estimate of drug-likeness (QED) is 0.824. The predicted octanol–water partition coefficient (Wildman–Crippen LogP) is 4.40. The van der Waals surface area contributed by atoms with Crippen molar-refractivity contribution in [1.29, 1.82) is 0 Å². The smallest absolute Gasteiger partial charge is 0.0173 e. The fourth-order valence-corrected chi connectivity index (χ4v) is 2.31. The maximum Gasteiger partial charge on any atom is 0.0173 e. The molecular formula is C18H27N. The number of hydrogen-bond donors (Lipinski definition) is 1. The van der Waals surface area contributed by atoms with E-state index in [9.17, 15) is 0 Å². The summed E-state index contributed by atoms with van der Waals surface area (Å²) in [5.74, 6) is 0.604. The first-order valence-corrected chi connectivity index (χ1v) is 7.49. The predicted molar refractivity (Wildman–Crippen MR) is 84.5 cm³/mol. The minimum atomic E-state index is 0.604. The summed E-state index contributed by atoms with van der Waals surface area (Å²) in [6.45, 7) is 12.2. The Morgan fingerprint density at radius 1 is 1.16 bits per heavy atom. The minimum Gasteiger partial charge on any atom is -0.310 e. The second-order valence-corrected chi connectivity index (χ2v) is 6.32. The zero-order valence-electron chi connectivity index (χ0n) is 13.0. The van der Waals surface area contributed by atoms with Crippen molar-refractivity contribution < 1.29 is 0 Å². The van der Waals surface area contributed by atoms with E-state index in [4.69, 9.17) is 0 Å². The lowest BCUT2D eigenvalue weighted by Crippen LogP contribution is -2.21. The van der Waals surface area contributed by atoms with E-state index in [2.05, 4.69) is 58.1 Å². The molecule has 1 aromatic carbocycles. The lowest BCUT2D eigenvalue weighted by molar-refractivity contribution is 0.662. The van der Waals surface area contributed by atoms with Gasteiger partial charge in [-0.1, -0.05) is 37.6 Å². The summed E-state index contributed by atoms with van der Waals surface area (Å²) in [7, 11) is 0. The summed E-state index contributed by atoms with van der Waals surface area (Å²) in [6, 6.07) is 5.40. The maximum atomic E-state index is 3.64. The van der Waals surface area contributed by atoms with Crippen molar-refractivity contribution in [2.75, 3.05) is 6.54 Å². The highest BCUT2D eigenvalue weighted by atomic mass is 14.9. The summed E-state index contributed by atoms with van der Waals surface area (Å²) in [5, 5.41) is 3.64. The Balaban J connectivity index is 2.21. The number of hydrogen-bond acceptors (Lipinski definition) is 1. The highest BCUT2D eigenvalue weighted by Gasteiger charge is 2.20. The van der Waals surface area contributed by atoms with Crippen molar-refractivity contribution in [2.45, 2.75) is 53.5 Å². The monoisotopic (exact) mass is 257 g/mol. The molecule has 0 aromatic heterocycles. The van der Waals surface area contributed by atoms with Gasteiger partial charge in [0.25, 0.3) is 0 Å². The highest BCUT2D eigenvalue weighted by Crippen LogP contribution is 2.23. The molecule has 1 saturated carbocycles. The number of nitrogens with one attached hydrogen (secondary N) is 1. The zero-order chi connectivity index (χ0) is 14.0. The van der Waals surface area contributed by atoms with Crippen LogP contribution in [0.3, 0.4) is 0 Å². The van der Waals surface area contributed by atoms with Gasteiger partial charge in [-0.3, -0.25) is 0 Å². The van der Waals surface area contributed by atoms with E-state index >= 15 is 0 Å². The lowest BCUT2D eigenvalue weighted by Gasteiger charge is -2.14. The zero-order valence-corrected chi connectivity index (χ0v) is 13.0. The molecule has 0 radical (unpaired) electrons. The summed E-state index contributed by atoms with van der Waals surface area (Å²) in [4.78, 5) is 0. The average Bonchev–Trinajstić information content (AvgIpc) is 3.14. The van der Waals surface area contributed by atoms with E-state index in [0.29, 0.717) is 5.92 Å². The Morgan fingerprint density at radius 3 is 2.37 bits per heavy atom. The van der Waals surface area contributed by atoms with E-state index in [1.165, 1.54) is 40.7 Å². The van der Waals surface area contributed by atoms with Crippen molar-refractivity contribution in [3.63, 3.8) is 0 Å². The molecule has 1 N–H and O–H groups in total. The van der Waals surface area contributed by atoms with E-state index < -0.39 is 0 Å². The van der Waals surface area contributed by atoms with Gasteiger partial charge in [-0.2, -0.15) is 0 Å². The highest BCUT2D eigenvalue weighted by molar-refractivity contribution is 5.59. The average molecular weight is 257 g/mol. The first kappa shape index (κ1) is 14.3. The fraction of sp³-hybridized carbons (Fsp3) is 0.556. The van der Waals surface area contributed by atoms with Gasteiger partial charge in [0.1, 0.15) is 0 Å². The van der Waals surface area contributed by atoms with Gasteiger partial charge < -0.3 is 5.32 Å². The van der Waals surface area contributed by atoms with Gasteiger partial charge in [0.2, 0.25) is 0 Å². The van der Waals surface area contributed by atoms with Crippen LogP contribution in [0.2, 0.25) is 0 Å². The molecule has 0 atom stereocenters. The van der Waals surface area contributed by atoms with Gasteiger partial charge in [0.15, 0.2) is 0 Å². The first-order valence-electron chi connectivity index (χ1n) is 7.49.